The van der Waals surface area contributed by atoms with Gasteiger partial charge in [-0.25, -0.2) is 4.79 Å². The van der Waals surface area contributed by atoms with Crippen molar-refractivity contribution in [3.63, 3.8) is 0 Å². The Morgan fingerprint density at radius 1 is 1.45 bits per heavy atom. The summed E-state index contributed by atoms with van der Waals surface area (Å²) in [4.78, 5) is 25.5. The number of thiophene rings is 1. The van der Waals surface area contributed by atoms with Gasteiger partial charge in [0.15, 0.2) is 0 Å². The van der Waals surface area contributed by atoms with E-state index in [1.807, 2.05) is 6.07 Å². The van der Waals surface area contributed by atoms with Crippen molar-refractivity contribution < 1.29 is 14.3 Å². The maximum atomic E-state index is 12.4. The molecule has 1 aliphatic rings. The Bertz CT molecular complexity index is 521. The van der Waals surface area contributed by atoms with Gasteiger partial charge in [-0.05, 0) is 38.8 Å². The second-order valence-corrected chi connectivity index (χ2v) is 6.60. The molecule has 2 N–H and O–H groups in total. The molecular weight excluding hydrogens is 300 g/mol. The standard InChI is InChI=1S/C16H24N2O3S/c1-3-6-12-9-13(16(20)21-4-2)15(22-12)18-14(19)11-7-5-8-17-10-11/h9,11,17H,3-8,10H2,1-2H3,(H,18,19). The van der Waals surface area contributed by atoms with Crippen LogP contribution in [0.2, 0.25) is 0 Å². The van der Waals surface area contributed by atoms with E-state index in [0.29, 0.717) is 23.7 Å². The van der Waals surface area contributed by atoms with Crippen molar-refractivity contribution in [3.05, 3.63) is 16.5 Å². The summed E-state index contributed by atoms with van der Waals surface area (Å²) < 4.78 is 5.09. The maximum absolute atomic E-state index is 12.4. The topological polar surface area (TPSA) is 67.4 Å². The summed E-state index contributed by atoms with van der Waals surface area (Å²) in [6, 6.07) is 1.85. The van der Waals surface area contributed by atoms with Crippen molar-refractivity contribution in [2.24, 2.45) is 5.92 Å². The van der Waals surface area contributed by atoms with Gasteiger partial charge in [-0.2, -0.15) is 0 Å². The van der Waals surface area contributed by atoms with Crippen molar-refractivity contribution >= 4 is 28.2 Å². The molecule has 1 saturated heterocycles. The van der Waals surface area contributed by atoms with E-state index in [-0.39, 0.29) is 17.8 Å². The molecule has 0 saturated carbocycles. The molecule has 1 unspecified atom stereocenters. The number of piperidine rings is 1. The number of carbonyl (C=O) groups is 2. The second kappa shape index (κ2) is 8.29. The monoisotopic (exact) mass is 324 g/mol. The lowest BCUT2D eigenvalue weighted by molar-refractivity contribution is -0.120. The molecule has 1 aromatic heterocycles. The molecule has 0 aliphatic carbocycles. The largest absolute Gasteiger partial charge is 0.462 e. The first-order chi connectivity index (χ1) is 10.7. The van der Waals surface area contributed by atoms with Gasteiger partial charge in [0.2, 0.25) is 5.91 Å². The van der Waals surface area contributed by atoms with Gasteiger partial charge in [-0.3, -0.25) is 4.79 Å². The summed E-state index contributed by atoms with van der Waals surface area (Å²) >= 11 is 1.48. The lowest BCUT2D eigenvalue weighted by Crippen LogP contribution is -2.37. The summed E-state index contributed by atoms with van der Waals surface area (Å²) in [5.74, 6) is -0.402. The Balaban J connectivity index is 2.13. The van der Waals surface area contributed by atoms with E-state index in [9.17, 15) is 9.59 Å². The van der Waals surface area contributed by atoms with Crippen LogP contribution in [0.3, 0.4) is 0 Å². The van der Waals surface area contributed by atoms with Gasteiger partial charge in [-0.1, -0.05) is 13.3 Å². The van der Waals surface area contributed by atoms with Crippen molar-refractivity contribution in [2.75, 3.05) is 25.0 Å². The highest BCUT2D eigenvalue weighted by atomic mass is 32.1. The molecule has 0 aromatic carbocycles. The number of hydrogen-bond donors (Lipinski definition) is 2. The molecular formula is C16H24N2O3S. The highest BCUT2D eigenvalue weighted by Gasteiger charge is 2.24. The van der Waals surface area contributed by atoms with E-state index in [0.717, 1.165) is 37.1 Å². The molecule has 6 heteroatoms. The molecule has 0 radical (unpaired) electrons. The van der Waals surface area contributed by atoms with Crippen LogP contribution in [0.1, 0.15) is 48.3 Å². The van der Waals surface area contributed by atoms with E-state index >= 15 is 0 Å². The molecule has 122 valence electrons. The Morgan fingerprint density at radius 3 is 2.91 bits per heavy atom. The van der Waals surface area contributed by atoms with Gasteiger partial charge in [0.25, 0.3) is 0 Å². The number of anilines is 1. The van der Waals surface area contributed by atoms with Gasteiger partial charge >= 0.3 is 5.97 Å². The van der Waals surface area contributed by atoms with E-state index < -0.39 is 0 Å². The fourth-order valence-corrected chi connectivity index (χ4v) is 3.70. The minimum absolute atomic E-state index is 0.0114. The van der Waals surface area contributed by atoms with Crippen LogP contribution in [-0.2, 0) is 16.0 Å². The van der Waals surface area contributed by atoms with Crippen molar-refractivity contribution in [1.29, 1.82) is 0 Å². The summed E-state index contributed by atoms with van der Waals surface area (Å²) in [6.45, 7) is 5.88. The second-order valence-electron chi connectivity index (χ2n) is 5.46. The molecule has 5 nitrogen and oxygen atoms in total. The predicted molar refractivity (Wildman–Crippen MR) is 88.5 cm³/mol. The van der Waals surface area contributed by atoms with Crippen LogP contribution in [-0.4, -0.2) is 31.6 Å². The zero-order chi connectivity index (χ0) is 15.9. The maximum Gasteiger partial charge on any atom is 0.341 e. The summed E-state index contributed by atoms with van der Waals surface area (Å²) in [5.41, 5.74) is 0.479. The molecule has 1 fully saturated rings. The normalized spacial score (nSPS) is 18.0. The third kappa shape index (κ3) is 4.30. The zero-order valence-corrected chi connectivity index (χ0v) is 14.1. The van der Waals surface area contributed by atoms with Gasteiger partial charge in [-0.15, -0.1) is 11.3 Å². The van der Waals surface area contributed by atoms with E-state index in [1.54, 1.807) is 6.92 Å². The molecule has 0 spiro atoms. The third-order valence-electron chi connectivity index (χ3n) is 3.68. The molecule has 1 atom stereocenters. The molecule has 1 aromatic rings. The number of nitrogens with one attached hydrogen (secondary N) is 2. The van der Waals surface area contributed by atoms with Crippen LogP contribution in [0.15, 0.2) is 6.07 Å². The Labute approximate surface area is 135 Å². The molecule has 1 amide bonds. The minimum atomic E-state index is -0.363. The fraction of sp³-hybridized carbons (Fsp3) is 0.625. The van der Waals surface area contributed by atoms with Crippen molar-refractivity contribution in [1.82, 2.24) is 5.32 Å². The molecule has 0 bridgehead atoms. The number of amides is 1. The Hall–Kier alpha value is -1.40. The molecule has 1 aliphatic heterocycles. The molecule has 2 heterocycles. The molecule has 2 rings (SSSR count). The van der Waals surface area contributed by atoms with E-state index in [2.05, 4.69) is 17.6 Å². The number of esters is 1. The minimum Gasteiger partial charge on any atom is -0.462 e. The quantitative estimate of drug-likeness (QED) is 0.790. The Kier molecular flexibility index (Phi) is 6.39. The van der Waals surface area contributed by atoms with Crippen LogP contribution in [0.25, 0.3) is 0 Å². The third-order valence-corrected chi connectivity index (χ3v) is 4.79. The first-order valence-corrected chi connectivity index (χ1v) is 8.78. The van der Waals surface area contributed by atoms with Crippen LogP contribution in [0, 0.1) is 5.92 Å². The number of aryl methyl sites for hydroxylation is 1. The van der Waals surface area contributed by atoms with Crippen molar-refractivity contribution in [2.45, 2.75) is 39.5 Å². The van der Waals surface area contributed by atoms with Crippen LogP contribution in [0.5, 0.6) is 0 Å². The van der Waals surface area contributed by atoms with Gasteiger partial charge in [0.1, 0.15) is 5.00 Å². The SMILES string of the molecule is CCCc1cc(C(=O)OCC)c(NC(=O)C2CCCNC2)s1. The molecule has 22 heavy (non-hydrogen) atoms. The van der Waals surface area contributed by atoms with E-state index in [1.165, 1.54) is 11.3 Å². The number of hydrogen-bond acceptors (Lipinski definition) is 5. The smallest absolute Gasteiger partial charge is 0.341 e. The van der Waals surface area contributed by atoms with Crippen LogP contribution >= 0.6 is 11.3 Å². The zero-order valence-electron chi connectivity index (χ0n) is 13.2. The van der Waals surface area contributed by atoms with Gasteiger partial charge in [0, 0.05) is 11.4 Å². The van der Waals surface area contributed by atoms with Gasteiger partial charge in [0.05, 0.1) is 18.1 Å². The van der Waals surface area contributed by atoms with Gasteiger partial charge < -0.3 is 15.4 Å². The first-order valence-electron chi connectivity index (χ1n) is 7.97. The van der Waals surface area contributed by atoms with Crippen LogP contribution < -0.4 is 10.6 Å². The van der Waals surface area contributed by atoms with E-state index in [4.69, 9.17) is 4.74 Å². The first kappa shape index (κ1) is 17.0. The van der Waals surface area contributed by atoms with Crippen molar-refractivity contribution in [3.8, 4) is 0 Å². The average Bonchev–Trinajstić information content (AvgIpc) is 2.91. The summed E-state index contributed by atoms with van der Waals surface area (Å²) in [7, 11) is 0. The predicted octanol–water partition coefficient (Wildman–Crippen LogP) is 2.82. The lowest BCUT2D eigenvalue weighted by atomic mass is 9.99. The highest BCUT2D eigenvalue weighted by molar-refractivity contribution is 7.16. The summed E-state index contributed by atoms with van der Waals surface area (Å²) in [6.07, 6.45) is 3.80. The number of rotatable bonds is 6. The summed E-state index contributed by atoms with van der Waals surface area (Å²) in [5, 5.41) is 6.80. The number of ether oxygens (including phenoxy) is 1. The number of carbonyl (C=O) groups excluding carboxylic acids is 2. The van der Waals surface area contributed by atoms with Crippen LogP contribution in [0.4, 0.5) is 5.00 Å². The highest BCUT2D eigenvalue weighted by Crippen LogP contribution is 2.30. The average molecular weight is 324 g/mol. The lowest BCUT2D eigenvalue weighted by Gasteiger charge is -2.21. The Morgan fingerprint density at radius 2 is 2.27 bits per heavy atom. The fourth-order valence-electron chi connectivity index (χ4n) is 2.55.